The van der Waals surface area contributed by atoms with Crippen molar-refractivity contribution in [2.45, 2.75) is 0 Å². The van der Waals surface area contributed by atoms with E-state index < -0.39 is 0 Å². The van der Waals surface area contributed by atoms with E-state index in [2.05, 4.69) is 155 Å². The Labute approximate surface area is 314 Å². The molecule has 0 N–H and O–H groups in total. The van der Waals surface area contributed by atoms with Crippen LogP contribution in [-0.4, -0.2) is 24.1 Å². The molecule has 0 saturated heterocycles. The molecule has 0 atom stereocenters. The molecule has 0 aliphatic rings. The van der Waals surface area contributed by atoms with Crippen LogP contribution in [-0.2, 0) is 0 Å². The summed E-state index contributed by atoms with van der Waals surface area (Å²) in [4.78, 5) is 16.1. The summed E-state index contributed by atoms with van der Waals surface area (Å²) in [7, 11) is 0. The molecule has 0 spiro atoms. The van der Waals surface area contributed by atoms with Gasteiger partial charge in [-0.05, 0) is 59.3 Å². The van der Waals surface area contributed by atoms with Crippen molar-refractivity contribution in [1.29, 1.82) is 0 Å². The van der Waals surface area contributed by atoms with Crippen molar-refractivity contribution >= 4 is 76.3 Å². The van der Waals surface area contributed by atoms with Crippen LogP contribution in [0.25, 0.3) is 111 Å². The summed E-state index contributed by atoms with van der Waals surface area (Å²) in [6, 6.07) is 61.4. The van der Waals surface area contributed by atoms with Crippen LogP contribution < -0.4 is 0 Å². The molecule has 256 valence electrons. The van der Waals surface area contributed by atoms with Crippen LogP contribution in [0, 0.1) is 0 Å². The van der Waals surface area contributed by atoms with Crippen LogP contribution in [0.2, 0.25) is 0 Å². The number of fused-ring (bicyclic) bond motifs is 10. The minimum atomic E-state index is 0.547. The summed E-state index contributed by atoms with van der Waals surface area (Å²) in [5.74, 6) is 1.70. The number of benzene rings is 8. The molecule has 4 aromatic heterocycles. The molecule has 0 bridgehead atoms. The Morgan fingerprint density at radius 3 is 1.67 bits per heavy atom. The normalized spacial score (nSPS) is 12.0. The average molecular weight is 704 g/mol. The van der Waals surface area contributed by atoms with E-state index in [1.54, 1.807) is 0 Å². The number of para-hydroxylation sites is 4. The fourth-order valence-corrected chi connectivity index (χ4v) is 8.56. The van der Waals surface area contributed by atoms with Crippen molar-refractivity contribution < 1.29 is 4.42 Å². The summed E-state index contributed by atoms with van der Waals surface area (Å²) in [6.07, 6.45) is 0. The predicted octanol–water partition coefficient (Wildman–Crippen LogP) is 12.5. The third kappa shape index (κ3) is 4.39. The lowest BCUT2D eigenvalue weighted by Gasteiger charge is -2.16. The van der Waals surface area contributed by atoms with Crippen LogP contribution in [0.15, 0.2) is 180 Å². The Bertz CT molecular complexity index is 3450. The molecule has 6 nitrogen and oxygen atoms in total. The molecule has 0 radical (unpaired) electrons. The maximum Gasteiger partial charge on any atom is 0.238 e. The molecule has 0 fully saturated rings. The van der Waals surface area contributed by atoms with Gasteiger partial charge < -0.3 is 8.98 Å². The number of rotatable bonds is 4. The minimum Gasteiger partial charge on any atom is -0.456 e. The maximum absolute atomic E-state index is 6.57. The van der Waals surface area contributed by atoms with Gasteiger partial charge in [-0.3, -0.25) is 4.57 Å². The van der Waals surface area contributed by atoms with Crippen molar-refractivity contribution in [3.63, 3.8) is 0 Å². The first-order chi connectivity index (χ1) is 27.3. The lowest BCUT2D eigenvalue weighted by atomic mass is 10.0. The maximum atomic E-state index is 6.57. The number of furan rings is 1. The topological polar surface area (TPSA) is 61.7 Å². The van der Waals surface area contributed by atoms with E-state index in [0.29, 0.717) is 17.6 Å². The number of nitrogens with zero attached hydrogens (tertiary/aromatic N) is 5. The molecular formula is C49H29N5O. The van der Waals surface area contributed by atoms with Gasteiger partial charge in [-0.15, -0.1) is 0 Å². The SMILES string of the molecule is c1ccc(-c2nc(-c3c(-n4c5ccccc5c5cc6ccccc6cc54)ccc4oc5ccccc5c34)nc(-n3c4ccccc4c4ccccc43)n2)cc1. The molecule has 12 rings (SSSR count). The molecule has 8 aromatic carbocycles. The molecule has 12 aromatic rings. The van der Waals surface area contributed by atoms with Gasteiger partial charge in [0.15, 0.2) is 11.6 Å². The standard InChI is InChI=1S/C49H29N5O/c1-2-14-30(15-3-1)47-50-48(52-49(51-47)54-39-23-11-6-18-33(39)34-19-7-12-24-40(34)54)46-41(26-27-44-45(46)36-21-9-13-25-43(36)55-44)53-38-22-10-8-20-35(38)37-28-31-16-4-5-17-32(31)29-42(37)53/h1-29H. The lowest BCUT2D eigenvalue weighted by Crippen LogP contribution is -2.08. The molecule has 55 heavy (non-hydrogen) atoms. The first kappa shape index (κ1) is 29.9. The van der Waals surface area contributed by atoms with Crippen molar-refractivity contribution in [2.75, 3.05) is 0 Å². The van der Waals surface area contributed by atoms with Crippen molar-refractivity contribution in [3.8, 4) is 34.4 Å². The third-order valence-electron chi connectivity index (χ3n) is 11.0. The highest BCUT2D eigenvalue weighted by molar-refractivity contribution is 6.17. The minimum absolute atomic E-state index is 0.547. The number of hydrogen-bond donors (Lipinski definition) is 0. The van der Waals surface area contributed by atoms with Gasteiger partial charge in [0.25, 0.3) is 0 Å². The van der Waals surface area contributed by atoms with E-state index in [1.165, 1.54) is 21.5 Å². The van der Waals surface area contributed by atoms with E-state index in [-0.39, 0.29) is 0 Å². The van der Waals surface area contributed by atoms with E-state index >= 15 is 0 Å². The molecule has 0 amide bonds. The smallest absolute Gasteiger partial charge is 0.238 e. The first-order valence-electron chi connectivity index (χ1n) is 18.5. The summed E-state index contributed by atoms with van der Waals surface area (Å²) in [6.45, 7) is 0. The van der Waals surface area contributed by atoms with Crippen LogP contribution >= 0.6 is 0 Å². The number of aromatic nitrogens is 5. The molecule has 0 unspecified atom stereocenters. The third-order valence-corrected chi connectivity index (χ3v) is 11.0. The zero-order valence-electron chi connectivity index (χ0n) is 29.4. The van der Waals surface area contributed by atoms with Crippen molar-refractivity contribution in [1.82, 2.24) is 24.1 Å². The van der Waals surface area contributed by atoms with Crippen LogP contribution in [0.5, 0.6) is 0 Å². The highest BCUT2D eigenvalue weighted by Crippen LogP contribution is 2.44. The van der Waals surface area contributed by atoms with Gasteiger partial charge >= 0.3 is 0 Å². The Kier molecular flexibility index (Phi) is 6.24. The van der Waals surface area contributed by atoms with Gasteiger partial charge in [-0.1, -0.05) is 127 Å². The van der Waals surface area contributed by atoms with Gasteiger partial charge in [0.05, 0.1) is 33.3 Å². The van der Waals surface area contributed by atoms with E-state index in [0.717, 1.165) is 71.6 Å². The Morgan fingerprint density at radius 1 is 0.382 bits per heavy atom. The Hall–Kier alpha value is -7.57. The largest absolute Gasteiger partial charge is 0.456 e. The second kappa shape index (κ2) is 11.5. The number of hydrogen-bond acceptors (Lipinski definition) is 4. The van der Waals surface area contributed by atoms with Gasteiger partial charge in [0.1, 0.15) is 11.2 Å². The average Bonchev–Trinajstić information content (AvgIpc) is 3.90. The van der Waals surface area contributed by atoms with E-state index in [9.17, 15) is 0 Å². The second-order valence-corrected chi connectivity index (χ2v) is 14.0. The van der Waals surface area contributed by atoms with Gasteiger partial charge in [-0.25, -0.2) is 4.98 Å². The fourth-order valence-electron chi connectivity index (χ4n) is 8.56. The van der Waals surface area contributed by atoms with Crippen LogP contribution in [0.1, 0.15) is 0 Å². The molecular weight excluding hydrogens is 675 g/mol. The van der Waals surface area contributed by atoms with E-state index in [4.69, 9.17) is 19.4 Å². The second-order valence-electron chi connectivity index (χ2n) is 14.0. The van der Waals surface area contributed by atoms with Crippen LogP contribution in [0.3, 0.4) is 0 Å². The first-order valence-corrected chi connectivity index (χ1v) is 18.5. The quantitative estimate of drug-likeness (QED) is 0.183. The summed E-state index contributed by atoms with van der Waals surface area (Å²) in [5, 5.41) is 8.98. The molecule has 4 heterocycles. The zero-order chi connectivity index (χ0) is 36.0. The van der Waals surface area contributed by atoms with Crippen molar-refractivity contribution in [3.05, 3.63) is 176 Å². The highest BCUT2D eigenvalue weighted by atomic mass is 16.3. The van der Waals surface area contributed by atoms with Gasteiger partial charge in [0, 0.05) is 37.9 Å². The Morgan fingerprint density at radius 2 is 0.945 bits per heavy atom. The van der Waals surface area contributed by atoms with Gasteiger partial charge in [0.2, 0.25) is 5.95 Å². The fraction of sp³-hybridized carbons (Fsp3) is 0. The molecule has 6 heteroatoms. The zero-order valence-corrected chi connectivity index (χ0v) is 29.4. The Balaban J connectivity index is 1.26. The monoisotopic (exact) mass is 703 g/mol. The lowest BCUT2D eigenvalue weighted by molar-refractivity contribution is 0.669. The molecule has 0 saturated carbocycles. The van der Waals surface area contributed by atoms with Crippen LogP contribution in [0.4, 0.5) is 0 Å². The van der Waals surface area contributed by atoms with Gasteiger partial charge in [-0.2, -0.15) is 9.97 Å². The van der Waals surface area contributed by atoms with E-state index in [1.807, 2.05) is 30.3 Å². The van der Waals surface area contributed by atoms with Crippen molar-refractivity contribution in [2.24, 2.45) is 0 Å². The predicted molar refractivity (Wildman–Crippen MR) is 224 cm³/mol. The summed E-state index contributed by atoms with van der Waals surface area (Å²) >= 11 is 0. The highest BCUT2D eigenvalue weighted by Gasteiger charge is 2.25. The molecule has 0 aliphatic heterocycles. The molecule has 0 aliphatic carbocycles. The summed E-state index contributed by atoms with van der Waals surface area (Å²) in [5.41, 5.74) is 8.58. The summed E-state index contributed by atoms with van der Waals surface area (Å²) < 4.78 is 11.1.